The Labute approximate surface area is 103 Å². The average Bonchev–Trinajstić information content (AvgIpc) is 2.78. The molecule has 1 saturated heterocycles. The molecule has 2 atom stereocenters. The van der Waals surface area contributed by atoms with Gasteiger partial charge < -0.3 is 20.3 Å². The van der Waals surface area contributed by atoms with Gasteiger partial charge in [-0.2, -0.15) is 0 Å². The van der Waals surface area contributed by atoms with Gasteiger partial charge in [0.25, 0.3) is 0 Å². The fourth-order valence-electron chi connectivity index (χ4n) is 1.85. The van der Waals surface area contributed by atoms with E-state index in [1.54, 1.807) is 12.1 Å². The Kier molecular flexibility index (Phi) is 3.47. The normalized spacial score (nSPS) is 22.7. The molecule has 6 nitrogen and oxygen atoms in total. The molecule has 0 unspecified atom stereocenters. The molecular formula is C12H13NO5. The summed E-state index contributed by atoms with van der Waals surface area (Å²) in [6.45, 7) is 0.470. The summed E-state index contributed by atoms with van der Waals surface area (Å²) in [7, 11) is 0. The van der Waals surface area contributed by atoms with Crippen LogP contribution < -0.4 is 10.1 Å². The number of carboxylic acid groups (broad SMARTS) is 2. The second kappa shape index (κ2) is 5.05. The first kappa shape index (κ1) is 12.4. The molecule has 0 saturated carbocycles. The van der Waals surface area contributed by atoms with Crippen molar-refractivity contribution >= 4 is 11.9 Å². The van der Waals surface area contributed by atoms with Crippen LogP contribution in [0.1, 0.15) is 16.8 Å². The van der Waals surface area contributed by atoms with Gasteiger partial charge in [0.2, 0.25) is 0 Å². The molecule has 0 aromatic heterocycles. The molecule has 1 aromatic carbocycles. The van der Waals surface area contributed by atoms with Gasteiger partial charge in [-0.1, -0.05) is 0 Å². The number of ether oxygens (including phenoxy) is 1. The first-order valence-corrected chi connectivity index (χ1v) is 5.52. The smallest absolute Gasteiger partial charge is 0.335 e. The third kappa shape index (κ3) is 2.78. The maximum absolute atomic E-state index is 10.7. The lowest BCUT2D eigenvalue weighted by molar-refractivity contribution is -0.139. The van der Waals surface area contributed by atoms with Crippen molar-refractivity contribution in [1.29, 1.82) is 0 Å². The fraction of sp³-hybridized carbons (Fsp3) is 0.333. The van der Waals surface area contributed by atoms with E-state index in [9.17, 15) is 9.59 Å². The van der Waals surface area contributed by atoms with Gasteiger partial charge >= 0.3 is 11.9 Å². The van der Waals surface area contributed by atoms with E-state index in [4.69, 9.17) is 14.9 Å². The number of hydrogen-bond acceptors (Lipinski definition) is 4. The van der Waals surface area contributed by atoms with E-state index in [0.717, 1.165) is 0 Å². The highest BCUT2D eigenvalue weighted by molar-refractivity contribution is 5.87. The molecule has 3 N–H and O–H groups in total. The van der Waals surface area contributed by atoms with Crippen LogP contribution >= 0.6 is 0 Å². The lowest BCUT2D eigenvalue weighted by Gasteiger charge is -2.12. The van der Waals surface area contributed by atoms with Gasteiger partial charge in [-0.05, 0) is 24.3 Å². The minimum Gasteiger partial charge on any atom is -0.489 e. The molecule has 1 aromatic rings. The molecule has 0 amide bonds. The average molecular weight is 251 g/mol. The van der Waals surface area contributed by atoms with E-state index in [1.165, 1.54) is 12.1 Å². The van der Waals surface area contributed by atoms with E-state index in [2.05, 4.69) is 5.32 Å². The quantitative estimate of drug-likeness (QED) is 0.724. The number of aromatic carboxylic acids is 1. The summed E-state index contributed by atoms with van der Waals surface area (Å²) in [4.78, 5) is 21.4. The Morgan fingerprint density at radius 2 is 1.89 bits per heavy atom. The predicted molar refractivity (Wildman–Crippen MR) is 61.9 cm³/mol. The molecule has 96 valence electrons. The van der Waals surface area contributed by atoms with Gasteiger partial charge in [-0.25, -0.2) is 4.79 Å². The molecule has 0 aliphatic carbocycles. The van der Waals surface area contributed by atoms with Gasteiger partial charge in [0.05, 0.1) is 5.56 Å². The summed E-state index contributed by atoms with van der Waals surface area (Å²) in [6, 6.07) is 5.46. The van der Waals surface area contributed by atoms with Crippen LogP contribution in [0.2, 0.25) is 0 Å². The number of carbonyl (C=O) groups is 2. The molecule has 0 radical (unpaired) electrons. The fourth-order valence-corrected chi connectivity index (χ4v) is 1.85. The van der Waals surface area contributed by atoms with Gasteiger partial charge in [-0.3, -0.25) is 4.79 Å². The van der Waals surface area contributed by atoms with E-state index in [-0.39, 0.29) is 11.7 Å². The predicted octanol–water partition coefficient (Wildman–Crippen LogP) is 0.579. The highest BCUT2D eigenvalue weighted by Crippen LogP contribution is 2.18. The summed E-state index contributed by atoms with van der Waals surface area (Å²) in [5.74, 6) is -1.34. The minimum atomic E-state index is -0.991. The van der Waals surface area contributed by atoms with Gasteiger partial charge in [0.15, 0.2) is 0 Å². The molecule has 0 bridgehead atoms. The van der Waals surface area contributed by atoms with E-state index in [1.807, 2.05) is 0 Å². The molecular weight excluding hydrogens is 238 g/mol. The topological polar surface area (TPSA) is 95.9 Å². The largest absolute Gasteiger partial charge is 0.489 e. The van der Waals surface area contributed by atoms with Crippen LogP contribution in [0, 0.1) is 0 Å². The third-order valence-electron chi connectivity index (χ3n) is 2.79. The number of nitrogens with one attached hydrogen (secondary N) is 1. The molecule has 0 spiro atoms. The van der Waals surface area contributed by atoms with Crippen LogP contribution in [0.15, 0.2) is 24.3 Å². The molecule has 6 heteroatoms. The van der Waals surface area contributed by atoms with Crippen molar-refractivity contribution in [2.75, 3.05) is 6.54 Å². The monoisotopic (exact) mass is 251 g/mol. The molecule has 1 heterocycles. The zero-order valence-corrected chi connectivity index (χ0v) is 9.50. The first-order valence-electron chi connectivity index (χ1n) is 5.52. The lowest BCUT2D eigenvalue weighted by atomic mass is 10.2. The summed E-state index contributed by atoms with van der Waals surface area (Å²) in [5, 5.41) is 20.4. The molecule has 1 aliphatic rings. The second-order valence-electron chi connectivity index (χ2n) is 4.10. The summed E-state index contributed by atoms with van der Waals surface area (Å²) < 4.78 is 5.57. The van der Waals surface area contributed by atoms with Crippen molar-refractivity contribution in [3.8, 4) is 5.75 Å². The number of aliphatic carboxylic acids is 1. The Balaban J connectivity index is 1.94. The standard InChI is InChI=1S/C12H13NO5/c14-11(15)7-1-3-8(4-2-7)18-9-5-10(12(16)17)13-6-9/h1-4,9-10,13H,5-6H2,(H,14,15)(H,16,17)/t9-,10-/m0/s1. The van der Waals surface area contributed by atoms with E-state index >= 15 is 0 Å². The number of rotatable bonds is 4. The third-order valence-corrected chi connectivity index (χ3v) is 2.79. The molecule has 2 rings (SSSR count). The van der Waals surface area contributed by atoms with Crippen LogP contribution in [0.25, 0.3) is 0 Å². The highest BCUT2D eigenvalue weighted by Gasteiger charge is 2.30. The van der Waals surface area contributed by atoms with E-state index < -0.39 is 18.0 Å². The van der Waals surface area contributed by atoms with Crippen molar-refractivity contribution < 1.29 is 24.5 Å². The Morgan fingerprint density at radius 3 is 2.39 bits per heavy atom. The SMILES string of the molecule is O=C(O)c1ccc(O[C@@H]2CN[C@H](C(=O)O)C2)cc1. The van der Waals surface area contributed by atoms with Gasteiger partial charge in [0.1, 0.15) is 17.9 Å². The Morgan fingerprint density at radius 1 is 1.22 bits per heavy atom. The van der Waals surface area contributed by atoms with Crippen LogP contribution in [0.4, 0.5) is 0 Å². The van der Waals surface area contributed by atoms with Crippen LogP contribution in [0.5, 0.6) is 5.75 Å². The Bertz CT molecular complexity index is 456. The van der Waals surface area contributed by atoms with Gasteiger partial charge in [0, 0.05) is 13.0 Å². The lowest BCUT2D eigenvalue weighted by Crippen LogP contribution is -2.30. The van der Waals surface area contributed by atoms with Crippen LogP contribution in [-0.4, -0.2) is 40.8 Å². The first-order chi connectivity index (χ1) is 8.56. The van der Waals surface area contributed by atoms with Crippen molar-refractivity contribution in [2.24, 2.45) is 0 Å². The summed E-state index contributed by atoms with van der Waals surface area (Å²) in [6.07, 6.45) is 0.192. The van der Waals surface area contributed by atoms with Crippen LogP contribution in [-0.2, 0) is 4.79 Å². The summed E-state index contributed by atoms with van der Waals surface area (Å²) in [5.41, 5.74) is 0.190. The van der Waals surface area contributed by atoms with Crippen LogP contribution in [0.3, 0.4) is 0 Å². The maximum atomic E-state index is 10.7. The zero-order chi connectivity index (χ0) is 13.1. The minimum absolute atomic E-state index is 0.190. The number of carboxylic acids is 2. The number of hydrogen-bond donors (Lipinski definition) is 3. The van der Waals surface area contributed by atoms with E-state index in [0.29, 0.717) is 18.7 Å². The molecule has 1 aliphatic heterocycles. The van der Waals surface area contributed by atoms with Crippen molar-refractivity contribution in [3.05, 3.63) is 29.8 Å². The van der Waals surface area contributed by atoms with Crippen molar-refractivity contribution in [3.63, 3.8) is 0 Å². The van der Waals surface area contributed by atoms with Crippen molar-refractivity contribution in [2.45, 2.75) is 18.6 Å². The van der Waals surface area contributed by atoms with Crippen molar-refractivity contribution in [1.82, 2.24) is 5.32 Å². The second-order valence-corrected chi connectivity index (χ2v) is 4.10. The number of benzene rings is 1. The zero-order valence-electron chi connectivity index (χ0n) is 9.50. The molecule has 1 fully saturated rings. The Hall–Kier alpha value is -2.08. The maximum Gasteiger partial charge on any atom is 0.335 e. The van der Waals surface area contributed by atoms with Gasteiger partial charge in [-0.15, -0.1) is 0 Å². The summed E-state index contributed by atoms with van der Waals surface area (Å²) >= 11 is 0. The highest BCUT2D eigenvalue weighted by atomic mass is 16.5. The molecule has 18 heavy (non-hydrogen) atoms.